The first-order valence-corrected chi connectivity index (χ1v) is 10.3. The van der Waals surface area contributed by atoms with Crippen molar-refractivity contribution in [1.82, 2.24) is 0 Å². The van der Waals surface area contributed by atoms with Crippen molar-refractivity contribution in [3.63, 3.8) is 0 Å². The van der Waals surface area contributed by atoms with E-state index >= 15 is 0 Å². The summed E-state index contributed by atoms with van der Waals surface area (Å²) in [5, 5.41) is 0. The van der Waals surface area contributed by atoms with Gasteiger partial charge < -0.3 is 9.47 Å². The van der Waals surface area contributed by atoms with E-state index < -0.39 is 36.1 Å². The number of carbonyl (C=O) groups is 1. The Morgan fingerprint density at radius 3 is 2.31 bits per heavy atom. The van der Waals surface area contributed by atoms with E-state index in [1.165, 1.54) is 6.08 Å². The second-order valence-electron chi connectivity index (χ2n) is 7.21. The van der Waals surface area contributed by atoms with Crippen molar-refractivity contribution < 1.29 is 40.6 Å². The Balaban J connectivity index is 2.35. The number of hydrogen-bond acceptors (Lipinski definition) is 3. The highest BCUT2D eigenvalue weighted by molar-refractivity contribution is 5.82. The number of benzene rings is 1. The number of allylic oxidation sites excluding steroid dienone is 3. The van der Waals surface area contributed by atoms with Gasteiger partial charge >= 0.3 is 18.3 Å². The summed E-state index contributed by atoms with van der Waals surface area (Å²) >= 11 is 0. The Bertz CT molecular complexity index is 779. The highest BCUT2D eigenvalue weighted by Gasteiger charge is 2.38. The smallest absolute Gasteiger partial charge is 0.416 e. The number of unbranched alkanes of at least 4 members (excludes halogenated alkanes) is 3. The van der Waals surface area contributed by atoms with E-state index in [1.54, 1.807) is 13.0 Å². The molecule has 0 heterocycles. The van der Waals surface area contributed by atoms with Gasteiger partial charge in [-0.15, -0.1) is 0 Å². The lowest BCUT2D eigenvalue weighted by molar-refractivity contribution is -0.144. The summed E-state index contributed by atoms with van der Waals surface area (Å²) in [4.78, 5) is 11.2. The standard InChI is InChI=1S/C23H28F6O3/c1-3-32-21(30)11-8-10-17(2)9-6-4-5-7-14-31-16-18-12-13-19(22(24,25)26)15-20(18)23(27,28)29/h8,10-13,15H,3-7,9,14,16H2,1-2H3/b11-8+,17-10+. The molecule has 0 aromatic heterocycles. The zero-order valence-electron chi connectivity index (χ0n) is 18.1. The highest BCUT2D eigenvalue weighted by atomic mass is 19.4. The number of carbonyl (C=O) groups excluding carboxylic acids is 1. The summed E-state index contributed by atoms with van der Waals surface area (Å²) < 4.78 is 87.4. The van der Waals surface area contributed by atoms with Gasteiger partial charge in [-0.25, -0.2) is 4.79 Å². The largest absolute Gasteiger partial charge is 0.463 e. The molecule has 0 atom stereocenters. The maximum Gasteiger partial charge on any atom is 0.416 e. The summed E-state index contributed by atoms with van der Waals surface area (Å²) in [7, 11) is 0. The van der Waals surface area contributed by atoms with Crippen LogP contribution in [0.5, 0.6) is 0 Å². The molecule has 0 aliphatic heterocycles. The minimum atomic E-state index is -4.89. The van der Waals surface area contributed by atoms with E-state index in [-0.39, 0.29) is 18.2 Å². The van der Waals surface area contributed by atoms with Crippen molar-refractivity contribution >= 4 is 5.97 Å². The van der Waals surface area contributed by atoms with Gasteiger partial charge in [0, 0.05) is 12.7 Å². The zero-order chi connectivity index (χ0) is 24.2. The van der Waals surface area contributed by atoms with Crippen molar-refractivity contribution in [2.24, 2.45) is 0 Å². The van der Waals surface area contributed by atoms with Crippen LogP contribution in [0.15, 0.2) is 42.0 Å². The SMILES string of the molecule is CCOC(=O)/C=C/C=C(\C)CCCCCCOCc1ccc(C(F)(F)F)cc1C(F)(F)F. The predicted octanol–water partition coefficient (Wildman–Crippen LogP) is 7.26. The van der Waals surface area contributed by atoms with E-state index in [0.717, 1.165) is 37.3 Å². The number of rotatable bonds is 12. The lowest BCUT2D eigenvalue weighted by Gasteiger charge is -2.16. The molecule has 3 nitrogen and oxygen atoms in total. The second kappa shape index (κ2) is 13.3. The fraction of sp³-hybridized carbons (Fsp3) is 0.522. The molecule has 1 aromatic rings. The molecule has 0 aliphatic carbocycles. The zero-order valence-corrected chi connectivity index (χ0v) is 18.1. The quantitative estimate of drug-likeness (QED) is 0.107. The normalized spacial score (nSPS) is 13.1. The number of halogens is 6. The van der Waals surface area contributed by atoms with Crippen LogP contribution in [0, 0.1) is 0 Å². The molecular weight excluding hydrogens is 438 g/mol. The maximum atomic E-state index is 13.1. The number of ether oxygens (including phenoxy) is 2. The van der Waals surface area contributed by atoms with Crippen LogP contribution in [0.4, 0.5) is 26.3 Å². The average molecular weight is 466 g/mol. The third-order valence-corrected chi connectivity index (χ3v) is 4.51. The van der Waals surface area contributed by atoms with Gasteiger partial charge in [-0.2, -0.15) is 26.3 Å². The van der Waals surface area contributed by atoms with Crippen LogP contribution in [0.25, 0.3) is 0 Å². The Hall–Kier alpha value is -2.29. The first-order chi connectivity index (χ1) is 14.9. The Labute approximate surface area is 184 Å². The molecule has 0 bridgehead atoms. The average Bonchev–Trinajstić information content (AvgIpc) is 2.68. The van der Waals surface area contributed by atoms with Crippen molar-refractivity contribution in [3.05, 3.63) is 58.7 Å². The van der Waals surface area contributed by atoms with E-state index in [4.69, 9.17) is 9.47 Å². The molecule has 0 spiro atoms. The maximum absolute atomic E-state index is 13.1. The molecule has 9 heteroatoms. The Morgan fingerprint density at radius 1 is 1.00 bits per heavy atom. The van der Waals surface area contributed by atoms with E-state index in [9.17, 15) is 31.1 Å². The molecule has 0 unspecified atom stereocenters. The van der Waals surface area contributed by atoms with Crippen LogP contribution in [0.2, 0.25) is 0 Å². The third kappa shape index (κ3) is 10.8. The van der Waals surface area contributed by atoms with Crippen LogP contribution in [0.3, 0.4) is 0 Å². The van der Waals surface area contributed by atoms with Gasteiger partial charge in [-0.3, -0.25) is 0 Å². The lowest BCUT2D eigenvalue weighted by Crippen LogP contribution is -2.14. The van der Waals surface area contributed by atoms with Gasteiger partial charge in [0.05, 0.1) is 24.3 Å². The molecule has 0 fully saturated rings. The molecule has 180 valence electrons. The first kappa shape index (κ1) is 27.7. The molecule has 1 rings (SSSR count). The van der Waals surface area contributed by atoms with E-state index in [2.05, 4.69) is 0 Å². The highest BCUT2D eigenvalue weighted by Crippen LogP contribution is 2.37. The molecule has 0 amide bonds. The number of esters is 1. The van der Waals surface area contributed by atoms with Crippen LogP contribution in [-0.4, -0.2) is 19.2 Å². The molecule has 0 saturated heterocycles. The minimum absolute atomic E-state index is 0.121. The van der Waals surface area contributed by atoms with Gasteiger partial charge in [-0.1, -0.05) is 36.6 Å². The van der Waals surface area contributed by atoms with Gasteiger partial charge in [0.15, 0.2) is 0 Å². The van der Waals surface area contributed by atoms with Gasteiger partial charge in [0.25, 0.3) is 0 Å². The first-order valence-electron chi connectivity index (χ1n) is 10.3. The predicted molar refractivity (Wildman–Crippen MR) is 109 cm³/mol. The molecule has 0 saturated carbocycles. The summed E-state index contributed by atoms with van der Waals surface area (Å²) in [5.74, 6) is -0.393. The number of alkyl halides is 6. The number of hydrogen-bond donors (Lipinski definition) is 0. The van der Waals surface area contributed by atoms with Crippen LogP contribution in [0.1, 0.15) is 62.6 Å². The van der Waals surface area contributed by atoms with Gasteiger partial charge in [-0.05, 0) is 50.8 Å². The fourth-order valence-electron chi connectivity index (χ4n) is 2.85. The Morgan fingerprint density at radius 2 is 1.69 bits per heavy atom. The topological polar surface area (TPSA) is 35.5 Å². The van der Waals surface area contributed by atoms with Crippen molar-refractivity contribution in [3.8, 4) is 0 Å². The summed E-state index contributed by atoms with van der Waals surface area (Å²) in [6.45, 7) is 3.81. The molecule has 0 N–H and O–H groups in total. The van der Waals surface area contributed by atoms with Gasteiger partial charge in [0.2, 0.25) is 0 Å². The van der Waals surface area contributed by atoms with Crippen LogP contribution in [-0.2, 0) is 33.2 Å². The molecule has 32 heavy (non-hydrogen) atoms. The summed E-state index contributed by atoms with van der Waals surface area (Å²) in [6.07, 6.45) is -0.823. The summed E-state index contributed by atoms with van der Waals surface area (Å²) in [5.41, 5.74) is -1.88. The van der Waals surface area contributed by atoms with Crippen molar-refractivity contribution in [2.45, 2.75) is 64.9 Å². The Kier molecular flexibility index (Phi) is 11.5. The summed E-state index contributed by atoms with van der Waals surface area (Å²) in [6, 6.07) is 1.57. The van der Waals surface area contributed by atoms with Crippen molar-refractivity contribution in [1.29, 1.82) is 0 Å². The second-order valence-corrected chi connectivity index (χ2v) is 7.21. The molecule has 0 radical (unpaired) electrons. The molecular formula is C23H28F6O3. The van der Waals surface area contributed by atoms with Crippen molar-refractivity contribution in [2.75, 3.05) is 13.2 Å². The lowest BCUT2D eigenvalue weighted by atomic mass is 10.0. The monoisotopic (exact) mass is 466 g/mol. The van der Waals surface area contributed by atoms with Crippen LogP contribution >= 0.6 is 0 Å². The van der Waals surface area contributed by atoms with Crippen LogP contribution < -0.4 is 0 Å². The molecule has 1 aromatic carbocycles. The molecule has 0 aliphatic rings. The third-order valence-electron chi connectivity index (χ3n) is 4.51. The fourth-order valence-corrected chi connectivity index (χ4v) is 2.85. The van der Waals surface area contributed by atoms with E-state index in [1.807, 2.05) is 13.0 Å². The van der Waals surface area contributed by atoms with Gasteiger partial charge in [0.1, 0.15) is 0 Å². The van der Waals surface area contributed by atoms with E-state index in [0.29, 0.717) is 19.1 Å². The minimum Gasteiger partial charge on any atom is -0.463 e.